The number of benzene rings is 5. The van der Waals surface area contributed by atoms with Gasteiger partial charge < -0.3 is 49.8 Å². The number of nitrogens with zero attached hydrogens (tertiary/aromatic N) is 4. The Balaban J connectivity index is 0.882. The molecule has 0 spiro atoms. The summed E-state index contributed by atoms with van der Waals surface area (Å²) in [5, 5.41) is 9.11. The van der Waals surface area contributed by atoms with E-state index < -0.39 is 12.0 Å². The average Bonchev–Trinajstić information content (AvgIpc) is 4.17. The number of carbonyl (C=O) groups is 6. The van der Waals surface area contributed by atoms with Crippen molar-refractivity contribution in [2.24, 2.45) is 5.92 Å². The molecule has 9 rings (SSSR count). The van der Waals surface area contributed by atoms with Crippen LogP contribution in [0.4, 0.5) is 28.4 Å². The number of ketones is 2. The van der Waals surface area contributed by atoms with Crippen LogP contribution in [0.15, 0.2) is 91.0 Å². The number of Topliss-reactive ketones (excluding diaryl/α,β-unsaturated/α-hetero) is 2. The molecule has 4 atom stereocenters. The van der Waals surface area contributed by atoms with Gasteiger partial charge in [-0.3, -0.25) is 28.8 Å². The molecule has 5 aromatic carbocycles. The van der Waals surface area contributed by atoms with Crippen LogP contribution in [-0.2, 0) is 45.2 Å². The van der Waals surface area contributed by atoms with Crippen LogP contribution in [-0.4, -0.2) is 101 Å². The predicted molar refractivity (Wildman–Crippen MR) is 313 cm³/mol. The molecule has 422 valence electrons. The highest BCUT2D eigenvalue weighted by Gasteiger charge is 2.41. The molecule has 0 fully saturated rings. The normalized spacial score (nSPS) is 16.7. The van der Waals surface area contributed by atoms with Crippen LogP contribution in [0.25, 0.3) is 0 Å². The van der Waals surface area contributed by atoms with E-state index in [-0.39, 0.29) is 73.3 Å². The summed E-state index contributed by atoms with van der Waals surface area (Å²) in [5.41, 5.74) is 9.48. The molecule has 16 nitrogen and oxygen atoms in total. The van der Waals surface area contributed by atoms with E-state index in [0.29, 0.717) is 78.4 Å². The third-order valence-corrected chi connectivity index (χ3v) is 16.0. The number of hydrogen-bond donors (Lipinski definition) is 3. The Labute approximate surface area is 470 Å². The zero-order valence-electron chi connectivity index (χ0n) is 47.5. The fourth-order valence-electron chi connectivity index (χ4n) is 11.7. The van der Waals surface area contributed by atoms with Gasteiger partial charge in [0.2, 0.25) is 11.8 Å². The lowest BCUT2D eigenvalue weighted by atomic mass is 9.99. The van der Waals surface area contributed by atoms with Crippen LogP contribution >= 0.6 is 0 Å². The van der Waals surface area contributed by atoms with Gasteiger partial charge in [0.15, 0.2) is 17.3 Å². The number of hydrogen-bond acceptors (Lipinski definition) is 12. The maximum Gasteiger partial charge on any atom is 0.260 e. The Kier molecular flexibility index (Phi) is 18.2. The largest absolute Gasteiger partial charge is 0.493 e. The maximum atomic E-state index is 14.3. The van der Waals surface area contributed by atoms with E-state index in [4.69, 9.17) is 14.2 Å². The molecule has 4 aliphatic heterocycles. The summed E-state index contributed by atoms with van der Waals surface area (Å²) in [4.78, 5) is 89.2. The second-order valence-electron chi connectivity index (χ2n) is 22.1. The molecule has 0 aliphatic carbocycles. The number of unbranched alkanes of at least 4 members (excludes halogenated alkanes) is 3. The van der Waals surface area contributed by atoms with E-state index in [9.17, 15) is 28.8 Å². The number of carbonyl (C=O) groups excluding carboxylic acids is 6. The fourth-order valence-corrected chi connectivity index (χ4v) is 11.7. The molecule has 0 radical (unpaired) electrons. The van der Waals surface area contributed by atoms with Crippen molar-refractivity contribution in [3.63, 3.8) is 0 Å². The Morgan fingerprint density at radius 3 is 1.80 bits per heavy atom. The minimum Gasteiger partial charge on any atom is -0.493 e. The second-order valence-corrected chi connectivity index (χ2v) is 22.1. The minimum absolute atomic E-state index is 0.00154. The molecule has 0 saturated carbocycles. The average molecular weight is 1090 g/mol. The van der Waals surface area contributed by atoms with Crippen molar-refractivity contribution in [2.75, 3.05) is 72.3 Å². The lowest BCUT2D eigenvalue weighted by Gasteiger charge is -2.25. The first-order valence-corrected chi connectivity index (χ1v) is 28.5. The monoisotopic (exact) mass is 1090 g/mol. The zero-order valence-corrected chi connectivity index (χ0v) is 47.5. The summed E-state index contributed by atoms with van der Waals surface area (Å²) < 4.78 is 19.0. The van der Waals surface area contributed by atoms with Crippen molar-refractivity contribution in [3.05, 3.63) is 130 Å². The van der Waals surface area contributed by atoms with Gasteiger partial charge in [-0.05, 0) is 136 Å². The number of ether oxygens (including phenoxy) is 3. The van der Waals surface area contributed by atoms with Crippen LogP contribution in [0.1, 0.15) is 127 Å². The lowest BCUT2D eigenvalue weighted by Crippen LogP contribution is -2.41. The van der Waals surface area contributed by atoms with Crippen molar-refractivity contribution in [2.45, 2.75) is 130 Å². The van der Waals surface area contributed by atoms with Gasteiger partial charge in [0.25, 0.3) is 11.8 Å². The lowest BCUT2D eigenvalue weighted by molar-refractivity contribution is -0.129. The van der Waals surface area contributed by atoms with Gasteiger partial charge in [0, 0.05) is 88.0 Å². The van der Waals surface area contributed by atoms with Gasteiger partial charge in [-0.15, -0.1) is 0 Å². The highest BCUT2D eigenvalue weighted by atomic mass is 16.5. The van der Waals surface area contributed by atoms with Crippen LogP contribution in [0.2, 0.25) is 0 Å². The number of rotatable bonds is 25. The smallest absolute Gasteiger partial charge is 0.260 e. The van der Waals surface area contributed by atoms with Crippen molar-refractivity contribution in [1.82, 2.24) is 10.6 Å². The van der Waals surface area contributed by atoms with Crippen LogP contribution in [0.3, 0.4) is 0 Å². The first-order chi connectivity index (χ1) is 38.6. The Morgan fingerprint density at radius 2 is 1.20 bits per heavy atom. The summed E-state index contributed by atoms with van der Waals surface area (Å²) in [6.45, 7) is 10.6. The van der Waals surface area contributed by atoms with E-state index >= 15 is 0 Å². The number of likely N-dealkylation sites (N-methyl/N-ethyl adjacent to an activating group) is 2. The zero-order chi connectivity index (χ0) is 56.6. The first-order valence-electron chi connectivity index (χ1n) is 28.5. The summed E-state index contributed by atoms with van der Waals surface area (Å²) in [5.74, 6) is -0.162. The molecule has 0 saturated heterocycles. The predicted octanol–water partition coefficient (Wildman–Crippen LogP) is 9.54. The van der Waals surface area contributed by atoms with Crippen LogP contribution in [0, 0.1) is 12.8 Å². The number of amides is 4. The highest BCUT2D eigenvalue weighted by Crippen LogP contribution is 2.43. The van der Waals surface area contributed by atoms with E-state index in [2.05, 4.69) is 44.8 Å². The molecule has 4 aliphatic rings. The van der Waals surface area contributed by atoms with E-state index in [1.165, 1.54) is 5.56 Å². The molecule has 4 amide bonds. The summed E-state index contributed by atoms with van der Waals surface area (Å²) in [7, 11) is 5.53. The number of nitrogens with one attached hydrogen (secondary N) is 3. The van der Waals surface area contributed by atoms with E-state index in [1.807, 2.05) is 104 Å². The summed E-state index contributed by atoms with van der Waals surface area (Å²) >= 11 is 0. The van der Waals surface area contributed by atoms with Crippen molar-refractivity contribution in [1.29, 1.82) is 0 Å². The van der Waals surface area contributed by atoms with Crippen LogP contribution in [0.5, 0.6) is 17.2 Å². The van der Waals surface area contributed by atoms with Crippen molar-refractivity contribution < 1.29 is 43.0 Å². The highest BCUT2D eigenvalue weighted by molar-refractivity contribution is 6.13. The minimum atomic E-state index is -0.800. The molecule has 16 heteroatoms. The third kappa shape index (κ3) is 13.0. The number of para-hydroxylation sites is 2. The molecule has 80 heavy (non-hydrogen) atoms. The van der Waals surface area contributed by atoms with E-state index in [1.54, 1.807) is 27.0 Å². The van der Waals surface area contributed by atoms with Gasteiger partial charge in [-0.2, -0.15) is 0 Å². The van der Waals surface area contributed by atoms with Crippen molar-refractivity contribution in [3.8, 4) is 17.2 Å². The molecular weight excluding hydrogens is 1010 g/mol. The topological polar surface area (TPSA) is 179 Å². The first kappa shape index (κ1) is 57.0. The van der Waals surface area contributed by atoms with Gasteiger partial charge in [0.05, 0.1) is 47.7 Å². The third-order valence-electron chi connectivity index (χ3n) is 16.0. The van der Waals surface area contributed by atoms with Gasteiger partial charge in [0.1, 0.15) is 24.7 Å². The van der Waals surface area contributed by atoms with Gasteiger partial charge in [-0.1, -0.05) is 56.7 Å². The Hall–Kier alpha value is -7.72. The van der Waals surface area contributed by atoms with E-state index in [0.717, 1.165) is 84.6 Å². The molecule has 0 aromatic heterocycles. The summed E-state index contributed by atoms with van der Waals surface area (Å²) in [6.07, 6.45) is 6.74. The molecule has 4 heterocycles. The van der Waals surface area contributed by atoms with Crippen molar-refractivity contribution >= 4 is 63.6 Å². The number of aryl methyl sites for hydroxylation is 1. The fraction of sp³-hybridized carbons (Fsp3) is 0.438. The standard InChI is InChI=1S/C64H77N7O9/c1-8-65-25-17-9-10-20-50(72)21-13-16-24-61(74)66-42(4)57(73)27-41(3)62(75)67-47-29-43(38-79-58-34-55-51(26-40(58)2)63(76)70-48(36-68(55)5)31-45-18-11-14-22-53(45)70)28-44(30-47)39-80-60-35-56-52(33-59(60)78-7)64(77)71-49(37-69(56)6)32-46-19-12-15-23-54(46)71/h11-12,14-15,18-19,22-23,26,28-30,33-35,41-42,48-49,65H,8-10,13,16-17,20-21,24-25,27,31-32,36-39H2,1-7H3,(H,66,74)(H,67,75)/t41-,42+,48+,49+/m1/s1. The number of anilines is 5. The molecular formula is C64H77N7O9. The summed E-state index contributed by atoms with van der Waals surface area (Å²) in [6, 6.07) is 28.3. The molecule has 3 N–H and O–H groups in total. The second kappa shape index (κ2) is 25.6. The number of methoxy groups -OCH3 is 1. The van der Waals surface area contributed by atoms with Gasteiger partial charge >= 0.3 is 0 Å². The Morgan fingerprint density at radius 1 is 0.650 bits per heavy atom. The maximum absolute atomic E-state index is 14.3. The molecule has 0 bridgehead atoms. The quantitative estimate of drug-likeness (QED) is 0.0472. The van der Waals surface area contributed by atoms with Crippen LogP contribution < -0.4 is 49.8 Å². The molecule has 5 aromatic rings. The SMILES string of the molecule is CCNCCCCCC(=O)CCCCC(=O)N[C@@H](C)C(=O)C[C@@H](C)C(=O)Nc1cc(COc2cc3c(cc2C)C(=O)N2c4ccccc4C[C@H]2CN3C)cc(COc2cc3c(cc2OC)C(=O)N2c4ccccc4C[C@H]2CN3C)c1. The Bertz CT molecular complexity index is 3140. The van der Waals surface area contributed by atoms with Gasteiger partial charge in [-0.25, -0.2) is 0 Å². The molecule has 0 unspecified atom stereocenters. The number of fused-ring (bicyclic) bond motifs is 8.